The summed E-state index contributed by atoms with van der Waals surface area (Å²) in [5.74, 6) is 3.87. The summed E-state index contributed by atoms with van der Waals surface area (Å²) in [5.41, 5.74) is 0.633. The summed E-state index contributed by atoms with van der Waals surface area (Å²) in [6.45, 7) is 14.6. The molecule has 0 aromatic heterocycles. The Balaban J connectivity index is 2.71. The highest BCUT2D eigenvalue weighted by Gasteiger charge is 2.55. The minimum absolute atomic E-state index is 0.633. The van der Waals surface area contributed by atoms with Crippen LogP contribution in [-0.2, 0) is 0 Å². The van der Waals surface area contributed by atoms with E-state index in [4.69, 9.17) is 0 Å². The highest BCUT2D eigenvalue weighted by atomic mass is 14.6. The van der Waals surface area contributed by atoms with E-state index in [-0.39, 0.29) is 0 Å². The maximum atomic E-state index is 2.54. The Bertz CT molecular complexity index is 208. The third kappa shape index (κ3) is 2.17. The maximum absolute atomic E-state index is 2.54. The van der Waals surface area contributed by atoms with Crippen LogP contribution < -0.4 is 0 Å². The molecule has 0 radical (unpaired) electrons. The van der Waals surface area contributed by atoms with Gasteiger partial charge < -0.3 is 0 Å². The molecule has 0 aromatic rings. The van der Waals surface area contributed by atoms with Crippen molar-refractivity contribution in [1.82, 2.24) is 0 Å². The van der Waals surface area contributed by atoms with Gasteiger partial charge in [0.1, 0.15) is 0 Å². The SMILES string of the molecule is CCCCC1C(C)C(C)(CC)C1C(C)CC. The quantitative estimate of drug-likeness (QED) is 0.557. The zero-order chi connectivity index (χ0) is 12.3. The summed E-state index contributed by atoms with van der Waals surface area (Å²) >= 11 is 0. The van der Waals surface area contributed by atoms with Gasteiger partial charge in [-0.2, -0.15) is 0 Å². The van der Waals surface area contributed by atoms with E-state index in [1.54, 1.807) is 0 Å². The van der Waals surface area contributed by atoms with Crippen molar-refractivity contribution < 1.29 is 0 Å². The van der Waals surface area contributed by atoms with Crippen molar-refractivity contribution in [2.24, 2.45) is 29.1 Å². The molecule has 0 aromatic carbocycles. The molecule has 0 amide bonds. The molecule has 1 aliphatic carbocycles. The minimum atomic E-state index is 0.633. The standard InChI is InChI=1S/C16H32/c1-7-10-11-14-13(5)16(6,9-3)15(14)12(4)8-2/h12-15H,7-11H2,1-6H3. The lowest BCUT2D eigenvalue weighted by molar-refractivity contribution is -0.135. The number of rotatable bonds is 6. The van der Waals surface area contributed by atoms with Gasteiger partial charge in [0.15, 0.2) is 0 Å². The molecule has 1 rings (SSSR count). The van der Waals surface area contributed by atoms with Crippen LogP contribution in [0, 0.1) is 29.1 Å². The molecule has 0 spiro atoms. The first-order valence-corrected chi connectivity index (χ1v) is 7.52. The van der Waals surface area contributed by atoms with E-state index >= 15 is 0 Å². The normalized spacial score (nSPS) is 40.5. The Morgan fingerprint density at radius 3 is 2.25 bits per heavy atom. The molecule has 1 fully saturated rings. The molecule has 0 aliphatic heterocycles. The second-order valence-electron chi connectivity index (χ2n) is 6.37. The highest BCUT2D eigenvalue weighted by molar-refractivity contribution is 5.04. The van der Waals surface area contributed by atoms with Gasteiger partial charge in [0.2, 0.25) is 0 Å². The molecule has 96 valence electrons. The van der Waals surface area contributed by atoms with Gasteiger partial charge in [-0.25, -0.2) is 0 Å². The molecule has 0 bridgehead atoms. The predicted molar refractivity (Wildman–Crippen MR) is 73.5 cm³/mol. The second-order valence-corrected chi connectivity index (χ2v) is 6.37. The molecule has 0 heteroatoms. The van der Waals surface area contributed by atoms with Crippen molar-refractivity contribution in [3.63, 3.8) is 0 Å². The molecule has 0 heterocycles. The molecule has 0 nitrogen and oxygen atoms in total. The van der Waals surface area contributed by atoms with E-state index in [1.807, 2.05) is 0 Å². The van der Waals surface area contributed by atoms with Crippen LogP contribution in [-0.4, -0.2) is 0 Å². The van der Waals surface area contributed by atoms with Crippen molar-refractivity contribution >= 4 is 0 Å². The van der Waals surface area contributed by atoms with Crippen LogP contribution in [0.1, 0.15) is 73.6 Å². The minimum Gasteiger partial charge on any atom is -0.0654 e. The van der Waals surface area contributed by atoms with E-state index in [0.717, 1.165) is 23.7 Å². The Kier molecular flexibility index (Phi) is 4.88. The zero-order valence-corrected chi connectivity index (χ0v) is 12.3. The fourth-order valence-corrected chi connectivity index (χ4v) is 4.23. The molecule has 0 saturated heterocycles. The summed E-state index contributed by atoms with van der Waals surface area (Å²) in [5, 5.41) is 0. The third-order valence-electron chi connectivity index (χ3n) is 5.82. The van der Waals surface area contributed by atoms with Gasteiger partial charge in [-0.3, -0.25) is 0 Å². The summed E-state index contributed by atoms with van der Waals surface area (Å²) in [6, 6.07) is 0. The average Bonchev–Trinajstić information content (AvgIpc) is 2.31. The molecule has 1 aliphatic rings. The first-order valence-electron chi connectivity index (χ1n) is 7.52. The topological polar surface area (TPSA) is 0 Å². The summed E-state index contributed by atoms with van der Waals surface area (Å²) in [7, 11) is 0. The van der Waals surface area contributed by atoms with Gasteiger partial charge in [-0.15, -0.1) is 0 Å². The van der Waals surface area contributed by atoms with Crippen molar-refractivity contribution in [3.05, 3.63) is 0 Å². The summed E-state index contributed by atoms with van der Waals surface area (Å²) in [6.07, 6.45) is 6.99. The van der Waals surface area contributed by atoms with Crippen molar-refractivity contribution in [2.45, 2.75) is 73.6 Å². The van der Waals surface area contributed by atoms with Crippen LogP contribution in [0.2, 0.25) is 0 Å². The lowest BCUT2D eigenvalue weighted by Gasteiger charge is -2.62. The fourth-order valence-electron chi connectivity index (χ4n) is 4.23. The Hall–Kier alpha value is 0. The van der Waals surface area contributed by atoms with E-state index in [9.17, 15) is 0 Å². The monoisotopic (exact) mass is 224 g/mol. The smallest absolute Gasteiger partial charge is 0.0266 e. The molecule has 5 atom stereocenters. The van der Waals surface area contributed by atoms with E-state index in [1.165, 1.54) is 32.1 Å². The first-order chi connectivity index (χ1) is 7.52. The van der Waals surface area contributed by atoms with E-state index < -0.39 is 0 Å². The molecular weight excluding hydrogens is 192 g/mol. The number of hydrogen-bond acceptors (Lipinski definition) is 0. The Morgan fingerprint density at radius 1 is 1.19 bits per heavy atom. The number of hydrogen-bond donors (Lipinski definition) is 0. The van der Waals surface area contributed by atoms with Crippen molar-refractivity contribution in [1.29, 1.82) is 0 Å². The zero-order valence-electron chi connectivity index (χ0n) is 12.3. The van der Waals surface area contributed by atoms with Crippen LogP contribution in [0.5, 0.6) is 0 Å². The van der Waals surface area contributed by atoms with Crippen LogP contribution in [0.25, 0.3) is 0 Å². The van der Waals surface area contributed by atoms with Crippen molar-refractivity contribution in [3.8, 4) is 0 Å². The Morgan fingerprint density at radius 2 is 1.81 bits per heavy atom. The molecule has 1 saturated carbocycles. The van der Waals surface area contributed by atoms with E-state index in [0.29, 0.717) is 5.41 Å². The van der Waals surface area contributed by atoms with Gasteiger partial charge in [0, 0.05) is 0 Å². The summed E-state index contributed by atoms with van der Waals surface area (Å²) < 4.78 is 0. The van der Waals surface area contributed by atoms with Gasteiger partial charge >= 0.3 is 0 Å². The van der Waals surface area contributed by atoms with Gasteiger partial charge in [0.05, 0.1) is 0 Å². The second kappa shape index (κ2) is 5.56. The van der Waals surface area contributed by atoms with Crippen LogP contribution in [0.3, 0.4) is 0 Å². The van der Waals surface area contributed by atoms with E-state index in [2.05, 4.69) is 41.5 Å². The van der Waals surface area contributed by atoms with Crippen LogP contribution in [0.15, 0.2) is 0 Å². The lowest BCUT2D eigenvalue weighted by atomic mass is 9.43. The fraction of sp³-hybridized carbons (Fsp3) is 1.00. The summed E-state index contributed by atoms with van der Waals surface area (Å²) in [4.78, 5) is 0. The van der Waals surface area contributed by atoms with Gasteiger partial charge in [-0.1, -0.05) is 67.2 Å². The van der Waals surface area contributed by atoms with Crippen molar-refractivity contribution in [2.75, 3.05) is 0 Å². The molecule has 5 unspecified atom stereocenters. The average molecular weight is 224 g/mol. The van der Waals surface area contributed by atoms with Crippen LogP contribution >= 0.6 is 0 Å². The third-order valence-corrected chi connectivity index (χ3v) is 5.82. The molecule has 0 N–H and O–H groups in total. The largest absolute Gasteiger partial charge is 0.0654 e. The molecular formula is C16H32. The lowest BCUT2D eigenvalue weighted by Crippen LogP contribution is -2.56. The maximum Gasteiger partial charge on any atom is -0.0266 e. The van der Waals surface area contributed by atoms with Crippen LogP contribution in [0.4, 0.5) is 0 Å². The van der Waals surface area contributed by atoms with Gasteiger partial charge in [0.25, 0.3) is 0 Å². The first kappa shape index (κ1) is 14.1. The highest BCUT2D eigenvalue weighted by Crippen LogP contribution is 2.62. The Labute approximate surface area is 103 Å². The number of unbranched alkanes of at least 4 members (excludes halogenated alkanes) is 1. The predicted octanol–water partition coefficient (Wildman–Crippen LogP) is 5.52. The molecule has 16 heavy (non-hydrogen) atoms. The van der Waals surface area contributed by atoms with Gasteiger partial charge in [-0.05, 0) is 35.5 Å².